The third-order valence-electron chi connectivity index (χ3n) is 15.8. The van der Waals surface area contributed by atoms with E-state index in [1.54, 1.807) is 0 Å². The summed E-state index contributed by atoms with van der Waals surface area (Å²) in [6, 6.07) is 38.3. The first-order valence-electron chi connectivity index (χ1n) is 24.5. The van der Waals surface area contributed by atoms with Crippen LogP contribution < -0.4 is 25.9 Å². The Labute approximate surface area is 394 Å². The molecule has 4 nitrogen and oxygen atoms in total. The fourth-order valence-electron chi connectivity index (χ4n) is 11.9. The number of rotatable bonds is 0. The Balaban J connectivity index is 1.24. The maximum Gasteiger partial charge on any atom is 0.260 e. The smallest absolute Gasteiger partial charge is 0.260 e. The van der Waals surface area contributed by atoms with Crippen molar-refractivity contribution in [2.24, 2.45) is 0 Å². The number of hydrogen-bond donors (Lipinski definition) is 0. The average Bonchev–Trinajstić information content (AvgIpc) is 3.96. The molecule has 0 spiro atoms. The first-order valence-corrected chi connectivity index (χ1v) is 24.5. The van der Waals surface area contributed by atoms with Crippen molar-refractivity contribution in [3.63, 3.8) is 0 Å². The Morgan fingerprint density at radius 3 is 0.985 bits per heavy atom. The van der Waals surface area contributed by atoms with E-state index in [1.165, 1.54) is 115 Å². The maximum atomic E-state index is 7.57. The normalized spacial score (nSPS) is 14.7. The molecular weight excluding hydrogens is 816 g/mol. The van der Waals surface area contributed by atoms with E-state index in [1.807, 2.05) is 0 Å². The van der Waals surface area contributed by atoms with Crippen molar-refractivity contribution in [2.45, 2.75) is 131 Å². The third kappa shape index (κ3) is 5.43. The van der Waals surface area contributed by atoms with Crippen LogP contribution in [0, 0.1) is 0 Å². The summed E-state index contributed by atoms with van der Waals surface area (Å²) in [4.78, 5) is 0. The molecule has 0 amide bonds. The van der Waals surface area contributed by atoms with Gasteiger partial charge in [-0.1, -0.05) is 140 Å². The van der Waals surface area contributed by atoms with E-state index in [4.69, 9.17) is 9.47 Å². The molecule has 0 fully saturated rings. The van der Waals surface area contributed by atoms with Gasteiger partial charge >= 0.3 is 0 Å². The highest BCUT2D eigenvalue weighted by molar-refractivity contribution is 6.99. The van der Waals surface area contributed by atoms with Crippen molar-refractivity contribution in [3.05, 3.63) is 125 Å². The molecule has 0 bridgehead atoms. The van der Waals surface area contributed by atoms with Gasteiger partial charge in [0.25, 0.3) is 6.71 Å². The van der Waals surface area contributed by atoms with E-state index in [0.717, 1.165) is 28.5 Å². The zero-order valence-electron chi connectivity index (χ0n) is 42.0. The molecule has 67 heavy (non-hydrogen) atoms. The molecule has 0 atom stereocenters. The SMILES string of the molecule is CC(C)(C)c1cc2c3c(c1)Oc1c(cc4c5cc(C(C)(C)C)ccc5n5c6ccc(C(C)(C)C)cc6c1c45)B3c1cc3c4cc(C(C)(C)C)ccc4n4c5ccc(C(C)(C)C)cc5c(c1O2)c34. The fraction of sp³-hybridized carbons (Fsp3) is 0.323. The highest BCUT2D eigenvalue weighted by Gasteiger charge is 2.45. The summed E-state index contributed by atoms with van der Waals surface area (Å²) in [5.74, 6) is 3.71. The van der Waals surface area contributed by atoms with E-state index in [9.17, 15) is 0 Å². The van der Waals surface area contributed by atoms with Crippen LogP contribution in [0.3, 0.4) is 0 Å². The van der Waals surface area contributed by atoms with Gasteiger partial charge in [-0.05, 0) is 126 Å². The molecule has 6 heterocycles. The minimum Gasteiger partial charge on any atom is -0.458 e. The van der Waals surface area contributed by atoms with Crippen molar-refractivity contribution in [2.75, 3.05) is 0 Å². The van der Waals surface area contributed by atoms with E-state index < -0.39 is 0 Å². The summed E-state index contributed by atoms with van der Waals surface area (Å²) >= 11 is 0. The van der Waals surface area contributed by atoms with Gasteiger partial charge in [0.05, 0.1) is 43.9 Å². The number of aromatic nitrogens is 2. The highest BCUT2D eigenvalue weighted by atomic mass is 16.5. The van der Waals surface area contributed by atoms with Crippen molar-refractivity contribution in [3.8, 4) is 23.0 Å². The lowest BCUT2D eigenvalue weighted by Crippen LogP contribution is -2.57. The largest absolute Gasteiger partial charge is 0.458 e. The second-order valence-electron chi connectivity index (χ2n) is 25.5. The molecule has 0 unspecified atom stereocenters. The summed E-state index contributed by atoms with van der Waals surface area (Å²) in [6.45, 7) is 34.6. The quantitative estimate of drug-likeness (QED) is 0.142. The van der Waals surface area contributed by atoms with Crippen LogP contribution in [0.5, 0.6) is 23.0 Å². The van der Waals surface area contributed by atoms with E-state index >= 15 is 0 Å². The molecule has 0 aliphatic carbocycles. The highest BCUT2D eigenvalue weighted by Crippen LogP contribution is 2.51. The lowest BCUT2D eigenvalue weighted by atomic mass is 9.34. The maximum absolute atomic E-state index is 7.57. The zero-order chi connectivity index (χ0) is 47.0. The molecule has 5 heteroatoms. The minimum absolute atomic E-state index is 0.00608. The van der Waals surface area contributed by atoms with Gasteiger partial charge in [-0.15, -0.1) is 0 Å². The van der Waals surface area contributed by atoms with Gasteiger partial charge in [0.1, 0.15) is 23.0 Å². The molecule has 4 aromatic heterocycles. The van der Waals surface area contributed by atoms with Gasteiger partial charge in [0.15, 0.2) is 0 Å². The zero-order valence-corrected chi connectivity index (χ0v) is 42.0. The Kier molecular flexibility index (Phi) is 7.63. The lowest BCUT2D eigenvalue weighted by molar-refractivity contribution is 0.464. The molecule has 334 valence electrons. The monoisotopic (exact) mass is 876 g/mol. The molecule has 7 aromatic carbocycles. The number of benzene rings is 7. The Morgan fingerprint density at radius 1 is 0.343 bits per heavy atom. The summed E-state index contributed by atoms with van der Waals surface area (Å²) in [5.41, 5.74) is 17.2. The molecule has 2 aliphatic heterocycles. The van der Waals surface area contributed by atoms with Crippen molar-refractivity contribution in [1.82, 2.24) is 8.80 Å². The molecule has 0 radical (unpaired) electrons. The van der Waals surface area contributed by atoms with Crippen LogP contribution in [0.2, 0.25) is 0 Å². The van der Waals surface area contributed by atoms with E-state index in [-0.39, 0.29) is 33.8 Å². The standard InChI is InChI=1S/C62H61BN2O2/c1-58(2,3)32-16-20-45-37(24-32)39-30-43-56(51-41-26-34(60(7,8)9)18-22-47(41)64(45)54(39)51)66-49-28-36(62(13,14)15)29-50-53(49)63(43)44-31-40-38-25-33(59(4,5)6)17-21-46(38)65-48-23-19-35(61(10,11)12)27-42(48)52(55(40)65)57(44)67-50/h16-31H,1-15H3. The van der Waals surface area contributed by atoms with Gasteiger partial charge in [-0.25, -0.2) is 0 Å². The Bertz CT molecular complexity index is 3740. The second kappa shape index (κ2) is 12.5. The average molecular weight is 877 g/mol. The molecule has 0 saturated heterocycles. The van der Waals surface area contributed by atoms with Gasteiger partial charge in [0.2, 0.25) is 0 Å². The van der Waals surface area contributed by atoms with Crippen LogP contribution in [-0.2, 0) is 27.1 Å². The number of fused-ring (bicyclic) bond motifs is 18. The van der Waals surface area contributed by atoms with Gasteiger partial charge in [-0.3, -0.25) is 0 Å². The van der Waals surface area contributed by atoms with Gasteiger partial charge in [-0.2, -0.15) is 0 Å². The molecule has 0 saturated carbocycles. The number of hydrogen-bond acceptors (Lipinski definition) is 2. The summed E-state index contributed by atoms with van der Waals surface area (Å²) in [6.07, 6.45) is 0. The van der Waals surface area contributed by atoms with Crippen LogP contribution in [0.4, 0.5) is 0 Å². The van der Waals surface area contributed by atoms with E-state index in [2.05, 4.69) is 210 Å². The van der Waals surface area contributed by atoms with Crippen LogP contribution in [0.15, 0.2) is 97.1 Å². The van der Waals surface area contributed by atoms with Crippen LogP contribution >= 0.6 is 0 Å². The number of ether oxygens (including phenoxy) is 2. The molecule has 2 aliphatic rings. The first kappa shape index (κ1) is 41.0. The first-order chi connectivity index (χ1) is 31.4. The molecule has 11 aromatic rings. The fourth-order valence-corrected chi connectivity index (χ4v) is 11.9. The molecular formula is C62H61BN2O2. The topological polar surface area (TPSA) is 27.3 Å². The Morgan fingerprint density at radius 2 is 0.657 bits per heavy atom. The van der Waals surface area contributed by atoms with Crippen LogP contribution in [0.25, 0.3) is 76.2 Å². The van der Waals surface area contributed by atoms with Crippen molar-refractivity contribution < 1.29 is 9.47 Å². The van der Waals surface area contributed by atoms with E-state index in [0.29, 0.717) is 0 Å². The molecule has 13 rings (SSSR count). The van der Waals surface area contributed by atoms with Crippen LogP contribution in [-0.4, -0.2) is 15.5 Å². The minimum atomic E-state index is -0.147. The Hall–Kier alpha value is -6.20. The van der Waals surface area contributed by atoms with Crippen molar-refractivity contribution >= 4 is 99.3 Å². The predicted molar refractivity (Wildman–Crippen MR) is 287 cm³/mol. The second-order valence-corrected chi connectivity index (χ2v) is 25.5. The van der Waals surface area contributed by atoms with Gasteiger partial charge in [0, 0.05) is 37.8 Å². The number of nitrogens with zero attached hydrogens (tertiary/aromatic N) is 2. The summed E-state index contributed by atoms with van der Waals surface area (Å²) in [7, 11) is 0. The summed E-state index contributed by atoms with van der Waals surface area (Å²) < 4.78 is 20.2. The van der Waals surface area contributed by atoms with Crippen LogP contribution in [0.1, 0.15) is 132 Å². The lowest BCUT2D eigenvalue weighted by Gasteiger charge is -2.35. The van der Waals surface area contributed by atoms with Crippen molar-refractivity contribution in [1.29, 1.82) is 0 Å². The van der Waals surface area contributed by atoms with Gasteiger partial charge < -0.3 is 18.3 Å². The predicted octanol–water partition coefficient (Wildman–Crippen LogP) is 15.2. The summed E-state index contributed by atoms with van der Waals surface area (Å²) in [5, 5.41) is 9.99. The third-order valence-corrected chi connectivity index (χ3v) is 15.8. The molecule has 0 N–H and O–H groups in total.